The smallest absolute Gasteiger partial charge is 0.254 e. The Balaban J connectivity index is 2.14. The van der Waals surface area contributed by atoms with E-state index < -0.39 is 0 Å². The molecule has 8 heteroatoms. The van der Waals surface area contributed by atoms with Crippen molar-refractivity contribution in [3.63, 3.8) is 0 Å². The number of aryl methyl sites for hydroxylation is 1. The third-order valence-electron chi connectivity index (χ3n) is 4.59. The molecular weight excluding hydrogens is 438 g/mol. The highest BCUT2D eigenvalue weighted by molar-refractivity contribution is 9.10. The Hall–Kier alpha value is -2.16. The fraction of sp³-hybridized carbons (Fsp3) is 0.429. The summed E-state index contributed by atoms with van der Waals surface area (Å²) in [6, 6.07) is 11.0. The van der Waals surface area contributed by atoms with Crippen LogP contribution in [0.25, 0.3) is 0 Å². The van der Waals surface area contributed by atoms with E-state index in [9.17, 15) is 9.59 Å². The number of carbonyl (C=O) groups excluding carboxylic acids is 2. The average Bonchev–Trinajstić information content (AvgIpc) is 3.12. The molecule has 1 aromatic carbocycles. The summed E-state index contributed by atoms with van der Waals surface area (Å²) in [5.74, 6) is -0.335. The summed E-state index contributed by atoms with van der Waals surface area (Å²) in [6.45, 7) is 1.99. The molecule has 0 fully saturated rings. The number of carbonyl (C=O) groups is 2. The lowest BCUT2D eigenvalue weighted by Gasteiger charge is -2.28. The number of nitrogens with zero attached hydrogens (tertiary/aromatic N) is 3. The number of benzene rings is 1. The van der Waals surface area contributed by atoms with Crippen molar-refractivity contribution in [3.05, 3.63) is 58.3 Å². The molecule has 1 aromatic heterocycles. The SMILES string of the molecule is COCCN(Cc1cccn1C)C(=O)CN(CCOC)C(=O)c1ccc(Br)cc1. The number of amides is 2. The third-order valence-corrected chi connectivity index (χ3v) is 5.12. The molecule has 0 saturated heterocycles. The molecule has 0 aliphatic rings. The van der Waals surface area contributed by atoms with Gasteiger partial charge >= 0.3 is 0 Å². The van der Waals surface area contributed by atoms with Crippen molar-refractivity contribution in [2.24, 2.45) is 7.05 Å². The maximum absolute atomic E-state index is 13.1. The topological polar surface area (TPSA) is 64.0 Å². The van der Waals surface area contributed by atoms with Crippen LogP contribution in [0.3, 0.4) is 0 Å². The highest BCUT2D eigenvalue weighted by Gasteiger charge is 2.23. The van der Waals surface area contributed by atoms with Crippen molar-refractivity contribution in [1.82, 2.24) is 14.4 Å². The van der Waals surface area contributed by atoms with Crippen LogP contribution in [0.2, 0.25) is 0 Å². The zero-order chi connectivity index (χ0) is 21.2. The number of halogens is 1. The number of hydrogen-bond donors (Lipinski definition) is 0. The Kier molecular flexibility index (Phi) is 9.37. The summed E-state index contributed by atoms with van der Waals surface area (Å²) in [5.41, 5.74) is 1.54. The molecule has 0 atom stereocenters. The van der Waals surface area contributed by atoms with E-state index >= 15 is 0 Å². The van der Waals surface area contributed by atoms with Gasteiger partial charge in [0.05, 0.1) is 19.8 Å². The van der Waals surface area contributed by atoms with Crippen LogP contribution in [-0.4, -0.2) is 73.2 Å². The largest absolute Gasteiger partial charge is 0.383 e. The molecule has 29 heavy (non-hydrogen) atoms. The standard InChI is InChI=1S/C21H28BrN3O4/c1-23-10-4-5-19(23)15-24(11-13-28-2)20(26)16-25(12-14-29-3)21(27)17-6-8-18(22)9-7-17/h4-10H,11-16H2,1-3H3. The summed E-state index contributed by atoms with van der Waals surface area (Å²) >= 11 is 3.37. The molecule has 2 amide bonds. The molecule has 0 aliphatic heterocycles. The Morgan fingerprint density at radius 1 is 1.00 bits per heavy atom. The van der Waals surface area contributed by atoms with Gasteiger partial charge in [0.25, 0.3) is 5.91 Å². The fourth-order valence-corrected chi connectivity index (χ4v) is 3.11. The first kappa shape index (κ1) is 23.1. The molecule has 0 spiro atoms. The van der Waals surface area contributed by atoms with Gasteiger partial charge in [-0.15, -0.1) is 0 Å². The van der Waals surface area contributed by atoms with E-state index in [0.717, 1.165) is 10.2 Å². The van der Waals surface area contributed by atoms with Gasteiger partial charge in [-0.05, 0) is 36.4 Å². The Morgan fingerprint density at radius 3 is 2.17 bits per heavy atom. The minimum Gasteiger partial charge on any atom is -0.383 e. The van der Waals surface area contributed by atoms with Crippen molar-refractivity contribution in [1.29, 1.82) is 0 Å². The van der Waals surface area contributed by atoms with E-state index in [1.54, 1.807) is 31.3 Å². The quantitative estimate of drug-likeness (QED) is 0.511. The molecule has 2 aromatic rings. The van der Waals surface area contributed by atoms with Crippen molar-refractivity contribution in [2.75, 3.05) is 47.1 Å². The summed E-state index contributed by atoms with van der Waals surface area (Å²) < 4.78 is 13.2. The molecule has 0 unspecified atom stereocenters. The van der Waals surface area contributed by atoms with Gasteiger partial charge in [-0.2, -0.15) is 0 Å². The number of aromatic nitrogens is 1. The lowest BCUT2D eigenvalue weighted by molar-refractivity contribution is -0.133. The van der Waals surface area contributed by atoms with E-state index in [1.165, 1.54) is 4.90 Å². The summed E-state index contributed by atoms with van der Waals surface area (Å²) in [6.07, 6.45) is 1.94. The highest BCUT2D eigenvalue weighted by Crippen LogP contribution is 2.13. The predicted molar refractivity (Wildman–Crippen MR) is 115 cm³/mol. The van der Waals surface area contributed by atoms with E-state index in [4.69, 9.17) is 9.47 Å². The second-order valence-electron chi connectivity index (χ2n) is 6.64. The molecule has 0 radical (unpaired) electrons. The number of methoxy groups -OCH3 is 2. The second-order valence-corrected chi connectivity index (χ2v) is 7.56. The van der Waals surface area contributed by atoms with Gasteiger partial charge in [-0.1, -0.05) is 15.9 Å². The predicted octanol–water partition coefficient (Wildman–Crippen LogP) is 2.55. The maximum Gasteiger partial charge on any atom is 0.254 e. The third kappa shape index (κ3) is 6.99. The number of rotatable bonds is 11. The van der Waals surface area contributed by atoms with E-state index in [1.807, 2.05) is 42.1 Å². The number of hydrogen-bond acceptors (Lipinski definition) is 4. The van der Waals surface area contributed by atoms with Crippen molar-refractivity contribution < 1.29 is 19.1 Å². The molecule has 1 heterocycles. The Labute approximate surface area is 180 Å². The zero-order valence-corrected chi connectivity index (χ0v) is 18.7. The van der Waals surface area contributed by atoms with Crippen LogP contribution in [0.15, 0.2) is 47.1 Å². The van der Waals surface area contributed by atoms with Gasteiger partial charge in [0.15, 0.2) is 0 Å². The van der Waals surface area contributed by atoms with Crippen LogP contribution in [0.4, 0.5) is 0 Å². The molecular formula is C21H28BrN3O4. The van der Waals surface area contributed by atoms with Gasteiger partial charge in [-0.3, -0.25) is 9.59 Å². The number of ether oxygens (including phenoxy) is 2. The zero-order valence-electron chi connectivity index (χ0n) is 17.1. The molecule has 7 nitrogen and oxygen atoms in total. The lowest BCUT2D eigenvalue weighted by Crippen LogP contribution is -2.45. The lowest BCUT2D eigenvalue weighted by atomic mass is 10.2. The van der Waals surface area contributed by atoms with Crippen LogP contribution < -0.4 is 0 Å². The first-order valence-corrected chi connectivity index (χ1v) is 10.2. The van der Waals surface area contributed by atoms with Gasteiger partial charge in [0.1, 0.15) is 6.54 Å². The van der Waals surface area contributed by atoms with Crippen molar-refractivity contribution in [2.45, 2.75) is 6.54 Å². The van der Waals surface area contributed by atoms with Crippen molar-refractivity contribution >= 4 is 27.7 Å². The Morgan fingerprint density at radius 2 is 1.62 bits per heavy atom. The molecule has 2 rings (SSSR count). The van der Waals surface area contributed by atoms with Crippen LogP contribution in [-0.2, 0) is 27.9 Å². The summed E-state index contributed by atoms with van der Waals surface area (Å²) in [4.78, 5) is 29.3. The summed E-state index contributed by atoms with van der Waals surface area (Å²) in [7, 11) is 5.12. The minimum absolute atomic E-state index is 0.0214. The monoisotopic (exact) mass is 465 g/mol. The van der Waals surface area contributed by atoms with Crippen LogP contribution in [0, 0.1) is 0 Å². The van der Waals surface area contributed by atoms with E-state index in [-0.39, 0.29) is 18.4 Å². The molecule has 0 N–H and O–H groups in total. The first-order valence-electron chi connectivity index (χ1n) is 9.37. The Bertz CT molecular complexity index is 791. The van der Waals surface area contributed by atoms with Crippen LogP contribution in [0.5, 0.6) is 0 Å². The average molecular weight is 466 g/mol. The highest BCUT2D eigenvalue weighted by atomic mass is 79.9. The first-order chi connectivity index (χ1) is 14.0. The van der Waals surface area contributed by atoms with Crippen molar-refractivity contribution in [3.8, 4) is 0 Å². The normalized spacial score (nSPS) is 10.8. The summed E-state index contributed by atoms with van der Waals surface area (Å²) in [5, 5.41) is 0. The van der Waals surface area contributed by atoms with Gasteiger partial charge in [0, 0.05) is 56.3 Å². The van der Waals surface area contributed by atoms with E-state index in [0.29, 0.717) is 38.4 Å². The molecule has 0 bridgehead atoms. The van der Waals surface area contributed by atoms with Crippen LogP contribution >= 0.6 is 15.9 Å². The van der Waals surface area contributed by atoms with Crippen LogP contribution in [0.1, 0.15) is 16.1 Å². The molecule has 0 aliphatic carbocycles. The van der Waals surface area contributed by atoms with Gasteiger partial charge in [-0.25, -0.2) is 0 Å². The van der Waals surface area contributed by atoms with Gasteiger partial charge in [0.2, 0.25) is 5.91 Å². The van der Waals surface area contributed by atoms with E-state index in [2.05, 4.69) is 15.9 Å². The second kappa shape index (κ2) is 11.7. The minimum atomic E-state index is -0.201. The molecule has 158 valence electrons. The molecule has 0 saturated carbocycles. The van der Waals surface area contributed by atoms with Gasteiger partial charge < -0.3 is 23.8 Å². The fourth-order valence-electron chi connectivity index (χ4n) is 2.84. The maximum atomic E-state index is 13.1.